The molecule has 2 heteroatoms. The zero-order valence-corrected chi connectivity index (χ0v) is 12.3. The van der Waals surface area contributed by atoms with E-state index in [2.05, 4.69) is 38.3 Å². The highest BCUT2D eigenvalue weighted by molar-refractivity contribution is 4.81. The first-order valence-electron chi connectivity index (χ1n) is 7.46. The summed E-state index contributed by atoms with van der Waals surface area (Å²) in [4.78, 5) is 0. The first-order chi connectivity index (χ1) is 8.05. The Balaban J connectivity index is 2.11. The maximum atomic E-state index is 3.68. The molecule has 1 aliphatic heterocycles. The van der Waals surface area contributed by atoms with E-state index in [4.69, 9.17) is 0 Å². The second-order valence-corrected chi connectivity index (χ2v) is 6.65. The molecule has 0 unspecified atom stereocenters. The van der Waals surface area contributed by atoms with E-state index in [1.807, 2.05) is 0 Å². The van der Waals surface area contributed by atoms with Crippen LogP contribution in [0.5, 0.6) is 0 Å². The lowest BCUT2D eigenvalue weighted by molar-refractivity contribution is 0.288. The van der Waals surface area contributed by atoms with Crippen molar-refractivity contribution in [3.63, 3.8) is 0 Å². The van der Waals surface area contributed by atoms with Crippen molar-refractivity contribution in [1.82, 2.24) is 10.6 Å². The van der Waals surface area contributed by atoms with Gasteiger partial charge in [-0.3, -0.25) is 0 Å². The van der Waals surface area contributed by atoms with Gasteiger partial charge in [0.15, 0.2) is 0 Å². The molecule has 0 aliphatic carbocycles. The van der Waals surface area contributed by atoms with E-state index in [0.29, 0.717) is 5.41 Å². The Bertz CT molecular complexity index is 201. The van der Waals surface area contributed by atoms with E-state index < -0.39 is 0 Å². The maximum Gasteiger partial charge on any atom is 0.000264 e. The Kier molecular flexibility index (Phi) is 6.50. The van der Waals surface area contributed by atoms with E-state index in [9.17, 15) is 0 Å². The molecule has 0 aromatic heterocycles. The van der Waals surface area contributed by atoms with Crippen molar-refractivity contribution in [3.05, 3.63) is 0 Å². The molecule has 0 radical (unpaired) electrons. The standard InChI is InChI=1S/C15H32N2/c1-5-6-7-8-15(3,4)12-17-11-14-10-16-9-13(14)2/h13-14,16-17H,5-12H2,1-4H3/t13-,14+/m1/s1. The average Bonchev–Trinajstić information content (AvgIpc) is 2.64. The van der Waals surface area contributed by atoms with Crippen molar-refractivity contribution in [2.45, 2.75) is 53.4 Å². The minimum Gasteiger partial charge on any atom is -0.316 e. The second kappa shape index (κ2) is 7.38. The summed E-state index contributed by atoms with van der Waals surface area (Å²) < 4.78 is 0. The van der Waals surface area contributed by atoms with Crippen LogP contribution >= 0.6 is 0 Å². The number of hydrogen-bond acceptors (Lipinski definition) is 2. The molecule has 2 N–H and O–H groups in total. The summed E-state index contributed by atoms with van der Waals surface area (Å²) in [5.74, 6) is 1.67. The summed E-state index contributed by atoms with van der Waals surface area (Å²) in [6, 6.07) is 0. The largest absolute Gasteiger partial charge is 0.316 e. The van der Waals surface area contributed by atoms with Crippen LogP contribution < -0.4 is 10.6 Å². The topological polar surface area (TPSA) is 24.1 Å². The van der Waals surface area contributed by atoms with Crippen molar-refractivity contribution in [1.29, 1.82) is 0 Å². The molecular weight excluding hydrogens is 208 g/mol. The molecule has 1 fully saturated rings. The molecule has 2 atom stereocenters. The van der Waals surface area contributed by atoms with Crippen molar-refractivity contribution in [2.75, 3.05) is 26.2 Å². The Morgan fingerprint density at radius 1 is 1.24 bits per heavy atom. The van der Waals surface area contributed by atoms with Gasteiger partial charge < -0.3 is 10.6 Å². The SMILES string of the molecule is CCCCCC(C)(C)CNC[C@@H]1CNC[C@H]1C. The Hall–Kier alpha value is -0.0800. The van der Waals surface area contributed by atoms with Crippen molar-refractivity contribution in [2.24, 2.45) is 17.3 Å². The summed E-state index contributed by atoms with van der Waals surface area (Å²) in [7, 11) is 0. The van der Waals surface area contributed by atoms with E-state index in [0.717, 1.165) is 11.8 Å². The molecule has 17 heavy (non-hydrogen) atoms. The molecular formula is C15H32N2. The predicted molar refractivity (Wildman–Crippen MR) is 76.3 cm³/mol. The van der Waals surface area contributed by atoms with Gasteiger partial charge in [0.1, 0.15) is 0 Å². The lowest BCUT2D eigenvalue weighted by atomic mass is 9.86. The zero-order chi connectivity index (χ0) is 12.7. The van der Waals surface area contributed by atoms with E-state index in [1.54, 1.807) is 0 Å². The van der Waals surface area contributed by atoms with Crippen LogP contribution in [-0.4, -0.2) is 26.2 Å². The van der Waals surface area contributed by atoms with Crippen molar-refractivity contribution in [3.8, 4) is 0 Å². The van der Waals surface area contributed by atoms with Crippen LogP contribution in [0.15, 0.2) is 0 Å². The Morgan fingerprint density at radius 3 is 2.59 bits per heavy atom. The van der Waals surface area contributed by atoms with Gasteiger partial charge >= 0.3 is 0 Å². The van der Waals surface area contributed by atoms with Gasteiger partial charge in [-0.15, -0.1) is 0 Å². The van der Waals surface area contributed by atoms with Crippen LogP contribution in [0.1, 0.15) is 53.4 Å². The van der Waals surface area contributed by atoms with Crippen molar-refractivity contribution >= 4 is 0 Å². The van der Waals surface area contributed by atoms with Gasteiger partial charge in [0, 0.05) is 6.54 Å². The van der Waals surface area contributed by atoms with E-state index in [1.165, 1.54) is 51.9 Å². The molecule has 0 aromatic rings. The molecule has 0 amide bonds. The molecule has 1 rings (SSSR count). The number of unbranched alkanes of at least 4 members (excludes halogenated alkanes) is 2. The van der Waals surface area contributed by atoms with Crippen LogP contribution in [0, 0.1) is 17.3 Å². The first kappa shape index (κ1) is 15.0. The van der Waals surface area contributed by atoms with Crippen LogP contribution in [0.3, 0.4) is 0 Å². The smallest absolute Gasteiger partial charge is 0.000264 e. The van der Waals surface area contributed by atoms with Crippen LogP contribution in [0.4, 0.5) is 0 Å². The molecule has 0 aromatic carbocycles. The maximum absolute atomic E-state index is 3.68. The average molecular weight is 240 g/mol. The minimum absolute atomic E-state index is 0.463. The Morgan fingerprint density at radius 2 is 2.00 bits per heavy atom. The van der Waals surface area contributed by atoms with Gasteiger partial charge in [-0.25, -0.2) is 0 Å². The molecule has 0 spiro atoms. The number of rotatable bonds is 8. The normalized spacial score (nSPS) is 25.4. The number of nitrogens with one attached hydrogen (secondary N) is 2. The Labute approximate surface area is 108 Å². The van der Waals surface area contributed by atoms with E-state index >= 15 is 0 Å². The third-order valence-corrected chi connectivity index (χ3v) is 4.14. The fourth-order valence-corrected chi connectivity index (χ4v) is 2.68. The summed E-state index contributed by atoms with van der Waals surface area (Å²) in [5, 5.41) is 7.16. The van der Waals surface area contributed by atoms with Gasteiger partial charge in [-0.1, -0.05) is 47.0 Å². The van der Waals surface area contributed by atoms with Crippen LogP contribution in [0.2, 0.25) is 0 Å². The molecule has 1 heterocycles. The van der Waals surface area contributed by atoms with Gasteiger partial charge in [0.2, 0.25) is 0 Å². The minimum atomic E-state index is 0.463. The van der Waals surface area contributed by atoms with Gasteiger partial charge in [0.25, 0.3) is 0 Å². The lowest BCUT2D eigenvalue weighted by Crippen LogP contribution is -2.34. The summed E-state index contributed by atoms with van der Waals surface area (Å²) in [5.41, 5.74) is 0.463. The fourth-order valence-electron chi connectivity index (χ4n) is 2.68. The highest BCUT2D eigenvalue weighted by Gasteiger charge is 2.23. The molecule has 102 valence electrons. The summed E-state index contributed by atoms with van der Waals surface area (Å²) in [6.45, 7) is 14.2. The monoisotopic (exact) mass is 240 g/mol. The van der Waals surface area contributed by atoms with Crippen LogP contribution in [-0.2, 0) is 0 Å². The fraction of sp³-hybridized carbons (Fsp3) is 1.00. The first-order valence-corrected chi connectivity index (χ1v) is 7.46. The lowest BCUT2D eigenvalue weighted by Gasteiger charge is -2.26. The summed E-state index contributed by atoms with van der Waals surface area (Å²) in [6.07, 6.45) is 5.45. The third-order valence-electron chi connectivity index (χ3n) is 4.14. The van der Waals surface area contributed by atoms with Crippen molar-refractivity contribution < 1.29 is 0 Å². The number of hydrogen-bond donors (Lipinski definition) is 2. The van der Waals surface area contributed by atoms with Gasteiger partial charge in [-0.2, -0.15) is 0 Å². The molecule has 1 aliphatic rings. The highest BCUT2D eigenvalue weighted by atomic mass is 15.0. The molecule has 0 bridgehead atoms. The molecule has 0 saturated carbocycles. The molecule has 2 nitrogen and oxygen atoms in total. The predicted octanol–water partition coefficient (Wildman–Crippen LogP) is 3.04. The quantitative estimate of drug-likeness (QED) is 0.637. The molecule has 1 saturated heterocycles. The zero-order valence-electron chi connectivity index (χ0n) is 12.3. The second-order valence-electron chi connectivity index (χ2n) is 6.65. The van der Waals surface area contributed by atoms with Crippen LogP contribution in [0.25, 0.3) is 0 Å². The third kappa shape index (κ3) is 5.87. The van der Waals surface area contributed by atoms with Gasteiger partial charge in [-0.05, 0) is 43.3 Å². The van der Waals surface area contributed by atoms with E-state index in [-0.39, 0.29) is 0 Å². The van der Waals surface area contributed by atoms with Gasteiger partial charge in [0.05, 0.1) is 0 Å². The summed E-state index contributed by atoms with van der Waals surface area (Å²) >= 11 is 0. The highest BCUT2D eigenvalue weighted by Crippen LogP contribution is 2.23.